The molecule has 1 unspecified atom stereocenters. The summed E-state index contributed by atoms with van der Waals surface area (Å²) in [6, 6.07) is 19.2. The fourth-order valence-corrected chi connectivity index (χ4v) is 5.04. The van der Waals surface area contributed by atoms with Gasteiger partial charge >= 0.3 is 0 Å². The average molecular weight is 446 g/mol. The van der Waals surface area contributed by atoms with E-state index in [2.05, 4.69) is 22.4 Å². The van der Waals surface area contributed by atoms with Crippen molar-refractivity contribution in [3.05, 3.63) is 94.2 Å². The molecular weight excluding hydrogens is 422 g/mol. The number of furan rings is 1. The second kappa shape index (κ2) is 9.04. The molecule has 5 rings (SSSR count). The molecule has 2 aromatic heterocycles. The molecule has 0 saturated heterocycles. The third-order valence-corrected chi connectivity index (χ3v) is 6.73. The van der Waals surface area contributed by atoms with Crippen molar-refractivity contribution < 1.29 is 9.21 Å². The van der Waals surface area contributed by atoms with Crippen LogP contribution in [0.4, 0.5) is 0 Å². The number of amides is 1. The molecule has 0 spiro atoms. The van der Waals surface area contributed by atoms with Gasteiger partial charge in [0, 0.05) is 0 Å². The number of benzene rings is 2. The lowest BCUT2D eigenvalue weighted by molar-refractivity contribution is -0.119. The van der Waals surface area contributed by atoms with Gasteiger partial charge in [-0.25, -0.2) is 4.98 Å². The van der Waals surface area contributed by atoms with Gasteiger partial charge < -0.3 is 9.73 Å². The molecule has 0 fully saturated rings. The van der Waals surface area contributed by atoms with E-state index in [0.29, 0.717) is 21.8 Å². The third-order valence-electron chi connectivity index (χ3n) is 5.76. The largest absolute Gasteiger partial charge is 0.467 e. The molecule has 162 valence electrons. The van der Waals surface area contributed by atoms with Gasteiger partial charge in [0.05, 0.1) is 35.5 Å². The first-order valence-electron chi connectivity index (χ1n) is 10.7. The number of rotatable bonds is 6. The molecule has 1 aliphatic rings. The number of para-hydroxylation sites is 1. The topological polar surface area (TPSA) is 77.1 Å². The van der Waals surface area contributed by atoms with Crippen LogP contribution in [0.3, 0.4) is 0 Å². The quantitative estimate of drug-likeness (QED) is 0.353. The third kappa shape index (κ3) is 4.21. The van der Waals surface area contributed by atoms with Crippen LogP contribution >= 0.6 is 11.8 Å². The Morgan fingerprint density at radius 2 is 1.97 bits per heavy atom. The van der Waals surface area contributed by atoms with Gasteiger partial charge in [-0.3, -0.25) is 14.2 Å². The lowest BCUT2D eigenvalue weighted by Crippen LogP contribution is -2.32. The number of nitrogens with one attached hydrogen (secondary N) is 1. The summed E-state index contributed by atoms with van der Waals surface area (Å²) >= 11 is 1.27. The van der Waals surface area contributed by atoms with Crippen LogP contribution in [0.15, 0.2) is 81.3 Å². The Bertz CT molecular complexity index is 1310. The molecule has 1 amide bonds. The molecule has 0 bridgehead atoms. The lowest BCUT2D eigenvalue weighted by atomic mass is 9.88. The molecule has 0 saturated carbocycles. The smallest absolute Gasteiger partial charge is 0.262 e. The molecule has 0 radical (unpaired) electrons. The van der Waals surface area contributed by atoms with Gasteiger partial charge in [0.15, 0.2) is 5.16 Å². The zero-order valence-electron chi connectivity index (χ0n) is 17.5. The predicted octanol–water partition coefficient (Wildman–Crippen LogP) is 4.32. The van der Waals surface area contributed by atoms with Crippen LogP contribution in [-0.4, -0.2) is 21.2 Å². The fourth-order valence-electron chi connectivity index (χ4n) is 4.23. The molecule has 4 aromatic rings. The Morgan fingerprint density at radius 3 is 2.84 bits per heavy atom. The van der Waals surface area contributed by atoms with E-state index in [4.69, 9.17) is 4.42 Å². The van der Waals surface area contributed by atoms with Crippen molar-refractivity contribution in [2.45, 2.75) is 37.0 Å². The standard InChI is InChI=1S/C25H23N3O3S/c29-23(26-21-13-5-8-17-7-1-2-10-19(17)21)16-32-25-27-22-12-4-3-11-20(22)24(30)28(25)15-18-9-6-14-31-18/h1-4,6-7,9-12,14,21H,5,8,13,15-16H2,(H,26,29). The van der Waals surface area contributed by atoms with E-state index in [1.165, 1.54) is 22.9 Å². The minimum atomic E-state index is -0.142. The SMILES string of the molecule is O=C(CSc1nc2ccccc2c(=O)n1Cc1ccco1)NC1CCCc2ccccc21. The molecule has 2 heterocycles. The van der Waals surface area contributed by atoms with Gasteiger partial charge in [0.1, 0.15) is 5.76 Å². The van der Waals surface area contributed by atoms with Crippen LogP contribution in [0.1, 0.15) is 35.8 Å². The van der Waals surface area contributed by atoms with Crippen LogP contribution in [0.25, 0.3) is 10.9 Å². The van der Waals surface area contributed by atoms with Crippen molar-refractivity contribution in [2.75, 3.05) is 5.75 Å². The maximum atomic E-state index is 13.1. The Hall–Kier alpha value is -3.32. The maximum Gasteiger partial charge on any atom is 0.262 e. The van der Waals surface area contributed by atoms with E-state index in [1.54, 1.807) is 23.0 Å². The number of thioether (sulfide) groups is 1. The highest BCUT2D eigenvalue weighted by Crippen LogP contribution is 2.29. The van der Waals surface area contributed by atoms with Crippen molar-refractivity contribution in [2.24, 2.45) is 0 Å². The number of carbonyl (C=O) groups is 1. The van der Waals surface area contributed by atoms with Gasteiger partial charge in [0.2, 0.25) is 5.91 Å². The second-order valence-corrected chi connectivity index (χ2v) is 8.82. The molecule has 1 aliphatic carbocycles. The molecule has 1 N–H and O–H groups in total. The Balaban J connectivity index is 1.37. The minimum absolute atomic E-state index is 0.0305. The zero-order chi connectivity index (χ0) is 21.9. The summed E-state index contributed by atoms with van der Waals surface area (Å²) in [5.41, 5.74) is 2.99. The highest BCUT2D eigenvalue weighted by Gasteiger charge is 2.22. The van der Waals surface area contributed by atoms with E-state index < -0.39 is 0 Å². The lowest BCUT2D eigenvalue weighted by Gasteiger charge is -2.26. The molecule has 2 aromatic carbocycles. The van der Waals surface area contributed by atoms with Crippen LogP contribution in [-0.2, 0) is 17.8 Å². The van der Waals surface area contributed by atoms with Crippen molar-refractivity contribution in [3.8, 4) is 0 Å². The Kier molecular flexibility index (Phi) is 5.81. The van der Waals surface area contributed by atoms with E-state index in [9.17, 15) is 9.59 Å². The number of hydrogen-bond acceptors (Lipinski definition) is 5. The summed E-state index contributed by atoms with van der Waals surface area (Å²) in [5.74, 6) is 0.777. The summed E-state index contributed by atoms with van der Waals surface area (Å²) in [7, 11) is 0. The number of fused-ring (bicyclic) bond motifs is 2. The van der Waals surface area contributed by atoms with Gasteiger partial charge in [-0.1, -0.05) is 48.2 Å². The van der Waals surface area contributed by atoms with Crippen molar-refractivity contribution >= 4 is 28.6 Å². The summed E-state index contributed by atoms with van der Waals surface area (Å²) < 4.78 is 7.02. The van der Waals surface area contributed by atoms with Crippen LogP contribution in [0.2, 0.25) is 0 Å². The Labute approximate surface area is 189 Å². The van der Waals surface area contributed by atoms with Gasteiger partial charge in [-0.05, 0) is 54.7 Å². The molecule has 0 aliphatic heterocycles. The average Bonchev–Trinajstić information content (AvgIpc) is 3.33. The van der Waals surface area contributed by atoms with E-state index in [1.807, 2.05) is 36.4 Å². The minimum Gasteiger partial charge on any atom is -0.467 e. The van der Waals surface area contributed by atoms with Crippen LogP contribution in [0.5, 0.6) is 0 Å². The summed E-state index contributed by atoms with van der Waals surface area (Å²) in [5, 5.41) is 4.22. The molecular formula is C25H23N3O3S. The van der Waals surface area contributed by atoms with E-state index in [0.717, 1.165) is 19.3 Å². The monoisotopic (exact) mass is 445 g/mol. The first-order valence-corrected chi connectivity index (χ1v) is 11.7. The number of aryl methyl sites for hydroxylation is 1. The van der Waals surface area contributed by atoms with Crippen molar-refractivity contribution in [1.29, 1.82) is 0 Å². The molecule has 7 heteroatoms. The molecule has 32 heavy (non-hydrogen) atoms. The number of nitrogens with zero attached hydrogens (tertiary/aromatic N) is 2. The molecule has 6 nitrogen and oxygen atoms in total. The summed E-state index contributed by atoms with van der Waals surface area (Å²) in [4.78, 5) is 30.6. The van der Waals surface area contributed by atoms with Crippen molar-refractivity contribution in [3.63, 3.8) is 0 Å². The number of hydrogen-bond donors (Lipinski definition) is 1. The van der Waals surface area contributed by atoms with Gasteiger partial charge in [-0.2, -0.15) is 0 Å². The summed E-state index contributed by atoms with van der Waals surface area (Å²) in [6.07, 6.45) is 4.63. The van der Waals surface area contributed by atoms with Crippen LogP contribution in [0, 0.1) is 0 Å². The highest BCUT2D eigenvalue weighted by atomic mass is 32.2. The van der Waals surface area contributed by atoms with Gasteiger partial charge in [-0.15, -0.1) is 0 Å². The first-order chi connectivity index (χ1) is 15.7. The summed E-state index contributed by atoms with van der Waals surface area (Å²) in [6.45, 7) is 0.267. The van der Waals surface area contributed by atoms with E-state index in [-0.39, 0.29) is 29.8 Å². The van der Waals surface area contributed by atoms with Crippen LogP contribution < -0.4 is 10.9 Å². The molecule has 1 atom stereocenters. The van der Waals surface area contributed by atoms with Crippen molar-refractivity contribution in [1.82, 2.24) is 14.9 Å². The normalized spacial score (nSPS) is 15.4. The van der Waals surface area contributed by atoms with E-state index >= 15 is 0 Å². The van der Waals surface area contributed by atoms with Gasteiger partial charge in [0.25, 0.3) is 5.56 Å². The first kappa shape index (κ1) is 20.6. The maximum absolute atomic E-state index is 13.1. The second-order valence-electron chi connectivity index (χ2n) is 7.88. The Morgan fingerprint density at radius 1 is 1.12 bits per heavy atom. The highest BCUT2D eigenvalue weighted by molar-refractivity contribution is 7.99. The predicted molar refractivity (Wildman–Crippen MR) is 125 cm³/mol. The number of carbonyl (C=O) groups excluding carboxylic acids is 1. The zero-order valence-corrected chi connectivity index (χ0v) is 18.3. The number of aromatic nitrogens is 2. The fraction of sp³-hybridized carbons (Fsp3) is 0.240.